The fraction of sp³-hybridized carbons (Fsp3) is 0.682. The minimum Gasteiger partial charge on any atom is -0.453 e. The second-order valence-corrected chi connectivity index (χ2v) is 9.44. The number of nitrogens with zero attached hydrogens (tertiary/aromatic N) is 4. The molecule has 1 aliphatic heterocycles. The summed E-state index contributed by atoms with van der Waals surface area (Å²) in [5.74, 6) is -1.25. The van der Waals surface area contributed by atoms with Crippen molar-refractivity contribution in [2.45, 2.75) is 70.2 Å². The lowest BCUT2D eigenvalue weighted by Crippen LogP contribution is -2.56. The smallest absolute Gasteiger partial charge is 0.410 e. The molecule has 0 bridgehead atoms. The van der Waals surface area contributed by atoms with Crippen molar-refractivity contribution in [2.24, 2.45) is 5.92 Å². The van der Waals surface area contributed by atoms with E-state index in [4.69, 9.17) is 14.6 Å². The zero-order chi connectivity index (χ0) is 23.3. The molecule has 2 aromatic heterocycles. The quantitative estimate of drug-likeness (QED) is 0.653. The summed E-state index contributed by atoms with van der Waals surface area (Å²) in [6, 6.07) is 3.74. The SMILES string of the molecule is COC(=O)N1C[C@@H](c2cc(C)nc3cc(C4CCC(C(F)(F)F)CC4)nn23)OCC1(C)C. The first-order chi connectivity index (χ1) is 15.0. The second kappa shape index (κ2) is 8.20. The van der Waals surface area contributed by atoms with E-state index in [0.29, 0.717) is 31.6 Å². The Balaban J connectivity index is 1.61. The number of ether oxygens (including phenoxy) is 2. The number of morpholine rings is 1. The molecular formula is C22H29F3N4O3. The van der Waals surface area contributed by atoms with Gasteiger partial charge in [0.1, 0.15) is 6.10 Å². The molecule has 32 heavy (non-hydrogen) atoms. The number of methoxy groups -OCH3 is 1. The average molecular weight is 454 g/mol. The van der Waals surface area contributed by atoms with Crippen molar-refractivity contribution in [3.05, 3.63) is 29.2 Å². The van der Waals surface area contributed by atoms with E-state index in [-0.39, 0.29) is 18.8 Å². The van der Waals surface area contributed by atoms with E-state index in [1.165, 1.54) is 7.11 Å². The van der Waals surface area contributed by atoms with Crippen LogP contribution >= 0.6 is 0 Å². The number of halogens is 3. The van der Waals surface area contributed by atoms with Gasteiger partial charge in [0.15, 0.2) is 5.65 Å². The number of alkyl halides is 3. The highest BCUT2D eigenvalue weighted by molar-refractivity contribution is 5.68. The normalized spacial score (nSPS) is 26.3. The van der Waals surface area contributed by atoms with Crippen LogP contribution in [0, 0.1) is 12.8 Å². The van der Waals surface area contributed by atoms with Gasteiger partial charge < -0.3 is 9.47 Å². The first kappa shape index (κ1) is 22.8. The van der Waals surface area contributed by atoms with Crippen LogP contribution in [0.3, 0.4) is 0 Å². The van der Waals surface area contributed by atoms with E-state index >= 15 is 0 Å². The van der Waals surface area contributed by atoms with Gasteiger partial charge in [-0.15, -0.1) is 0 Å². The van der Waals surface area contributed by atoms with Gasteiger partial charge in [0.25, 0.3) is 0 Å². The Hall–Kier alpha value is -2.36. The number of rotatable bonds is 2. The largest absolute Gasteiger partial charge is 0.453 e. The molecule has 0 spiro atoms. The van der Waals surface area contributed by atoms with Crippen molar-refractivity contribution in [1.82, 2.24) is 19.5 Å². The Morgan fingerprint density at radius 2 is 1.91 bits per heavy atom. The number of fused-ring (bicyclic) bond motifs is 1. The zero-order valence-corrected chi connectivity index (χ0v) is 18.8. The Kier molecular flexibility index (Phi) is 5.85. The van der Waals surface area contributed by atoms with Crippen LogP contribution in [0.5, 0.6) is 0 Å². The number of hydrogen-bond acceptors (Lipinski definition) is 5. The highest BCUT2D eigenvalue weighted by atomic mass is 19.4. The maximum atomic E-state index is 13.0. The maximum Gasteiger partial charge on any atom is 0.410 e. The van der Waals surface area contributed by atoms with Crippen LogP contribution in [0.15, 0.2) is 12.1 Å². The van der Waals surface area contributed by atoms with E-state index in [1.807, 2.05) is 32.9 Å². The van der Waals surface area contributed by atoms with Crippen molar-refractivity contribution in [2.75, 3.05) is 20.3 Å². The number of aryl methyl sites for hydroxylation is 1. The minimum absolute atomic E-state index is 0.0266. The van der Waals surface area contributed by atoms with Crippen LogP contribution in [0.1, 0.15) is 68.6 Å². The number of hydrogen-bond donors (Lipinski definition) is 0. The van der Waals surface area contributed by atoms with E-state index in [9.17, 15) is 18.0 Å². The van der Waals surface area contributed by atoms with Gasteiger partial charge in [-0.05, 0) is 52.5 Å². The average Bonchev–Trinajstić information content (AvgIpc) is 3.16. The van der Waals surface area contributed by atoms with Gasteiger partial charge in [-0.25, -0.2) is 14.3 Å². The second-order valence-electron chi connectivity index (χ2n) is 9.44. The molecule has 4 rings (SSSR count). The van der Waals surface area contributed by atoms with Crippen LogP contribution in [0.25, 0.3) is 5.65 Å². The molecule has 2 aromatic rings. The van der Waals surface area contributed by atoms with Gasteiger partial charge in [-0.2, -0.15) is 18.3 Å². The Morgan fingerprint density at radius 1 is 1.22 bits per heavy atom. The molecule has 0 unspecified atom stereocenters. The van der Waals surface area contributed by atoms with Gasteiger partial charge >= 0.3 is 12.3 Å². The monoisotopic (exact) mass is 454 g/mol. The number of carbonyl (C=O) groups is 1. The van der Waals surface area contributed by atoms with Gasteiger partial charge in [-0.3, -0.25) is 4.90 Å². The molecule has 2 fully saturated rings. The van der Waals surface area contributed by atoms with Gasteiger partial charge in [-0.1, -0.05) is 0 Å². The first-order valence-electron chi connectivity index (χ1n) is 10.9. The maximum absolute atomic E-state index is 13.0. The van der Waals surface area contributed by atoms with Crippen molar-refractivity contribution < 1.29 is 27.4 Å². The van der Waals surface area contributed by atoms with Crippen LogP contribution in [0.2, 0.25) is 0 Å². The van der Waals surface area contributed by atoms with Gasteiger partial charge in [0.05, 0.1) is 43.1 Å². The predicted molar refractivity (Wildman–Crippen MR) is 110 cm³/mol. The van der Waals surface area contributed by atoms with Crippen LogP contribution in [0.4, 0.5) is 18.0 Å². The molecule has 0 radical (unpaired) electrons. The van der Waals surface area contributed by atoms with E-state index in [1.54, 1.807) is 9.42 Å². The summed E-state index contributed by atoms with van der Waals surface area (Å²) in [5, 5.41) is 4.72. The van der Waals surface area contributed by atoms with Crippen molar-refractivity contribution in [3.63, 3.8) is 0 Å². The zero-order valence-electron chi connectivity index (χ0n) is 18.8. The standard InChI is InChI=1S/C22H29F3N4O3/c1-13-9-17(18-11-28(20(30)31-4)21(2,3)12-32-18)29-19(26-13)10-16(27-29)14-5-7-15(8-6-14)22(23,24)25/h9-10,14-15,18H,5-8,11-12H2,1-4H3/t14?,15?,18-/m0/s1. The van der Waals surface area contributed by atoms with Crippen molar-refractivity contribution in [3.8, 4) is 0 Å². The predicted octanol–water partition coefficient (Wildman–Crippen LogP) is 4.79. The molecule has 1 aliphatic carbocycles. The fourth-order valence-corrected chi connectivity index (χ4v) is 4.75. The fourth-order valence-electron chi connectivity index (χ4n) is 4.75. The molecule has 1 saturated carbocycles. The summed E-state index contributed by atoms with van der Waals surface area (Å²) in [4.78, 5) is 18.5. The number of aromatic nitrogens is 3. The van der Waals surface area contributed by atoms with Crippen LogP contribution in [-0.4, -0.2) is 57.6 Å². The lowest BCUT2D eigenvalue weighted by Gasteiger charge is -2.44. The van der Waals surface area contributed by atoms with E-state index < -0.39 is 29.8 Å². The Bertz CT molecular complexity index is 996. The third-order valence-corrected chi connectivity index (χ3v) is 6.65. The molecule has 3 heterocycles. The third-order valence-electron chi connectivity index (χ3n) is 6.65. The molecule has 10 heteroatoms. The molecule has 176 valence electrons. The number of carbonyl (C=O) groups excluding carboxylic acids is 1. The highest BCUT2D eigenvalue weighted by Gasteiger charge is 2.42. The molecule has 0 N–H and O–H groups in total. The molecule has 0 aromatic carbocycles. The van der Waals surface area contributed by atoms with Crippen LogP contribution in [-0.2, 0) is 9.47 Å². The van der Waals surface area contributed by atoms with E-state index in [2.05, 4.69) is 4.98 Å². The van der Waals surface area contributed by atoms with Crippen LogP contribution < -0.4 is 0 Å². The van der Waals surface area contributed by atoms with Gasteiger partial charge in [0.2, 0.25) is 0 Å². The summed E-state index contributed by atoms with van der Waals surface area (Å²) < 4.78 is 51.9. The van der Waals surface area contributed by atoms with E-state index in [0.717, 1.165) is 17.1 Å². The lowest BCUT2D eigenvalue weighted by atomic mass is 9.80. The topological polar surface area (TPSA) is 69.0 Å². The lowest BCUT2D eigenvalue weighted by molar-refractivity contribution is -0.182. The summed E-state index contributed by atoms with van der Waals surface area (Å²) in [6.45, 7) is 6.32. The summed E-state index contributed by atoms with van der Waals surface area (Å²) in [6.07, 6.45) is -3.84. The molecule has 1 saturated heterocycles. The number of amides is 1. The minimum atomic E-state index is -4.13. The summed E-state index contributed by atoms with van der Waals surface area (Å²) in [7, 11) is 1.35. The van der Waals surface area contributed by atoms with Gasteiger partial charge in [0, 0.05) is 17.7 Å². The highest BCUT2D eigenvalue weighted by Crippen LogP contribution is 2.43. The Labute approximate surface area is 184 Å². The first-order valence-corrected chi connectivity index (χ1v) is 10.9. The molecular weight excluding hydrogens is 425 g/mol. The molecule has 2 aliphatic rings. The summed E-state index contributed by atoms with van der Waals surface area (Å²) >= 11 is 0. The third kappa shape index (κ3) is 4.29. The summed E-state index contributed by atoms with van der Waals surface area (Å²) in [5.41, 5.74) is 2.40. The Morgan fingerprint density at radius 3 is 2.53 bits per heavy atom. The van der Waals surface area contributed by atoms with Crippen molar-refractivity contribution in [1.29, 1.82) is 0 Å². The molecule has 7 nitrogen and oxygen atoms in total. The molecule has 1 amide bonds. The molecule has 1 atom stereocenters. The van der Waals surface area contributed by atoms with Crippen molar-refractivity contribution >= 4 is 11.7 Å².